The standard InChI is InChI=1S/C16H22N2O/c1-2-11-19-15-5-6-16-13(12-15)7-9-18(16)10-8-17-14-3-4-14/h5-7,9,12,14,17H,2-4,8,10-11H2,1H3. The minimum atomic E-state index is 0.788. The number of fused-ring (bicyclic) bond motifs is 1. The van der Waals surface area contributed by atoms with E-state index >= 15 is 0 Å². The summed E-state index contributed by atoms with van der Waals surface area (Å²) in [6.45, 7) is 5.01. The molecule has 0 unspecified atom stereocenters. The first-order chi connectivity index (χ1) is 9.36. The Labute approximate surface area is 114 Å². The monoisotopic (exact) mass is 258 g/mol. The summed E-state index contributed by atoms with van der Waals surface area (Å²) in [4.78, 5) is 0. The van der Waals surface area contributed by atoms with Gasteiger partial charge in [0.1, 0.15) is 5.75 Å². The first-order valence-electron chi connectivity index (χ1n) is 7.32. The van der Waals surface area contributed by atoms with Crippen molar-refractivity contribution in [2.24, 2.45) is 0 Å². The topological polar surface area (TPSA) is 26.2 Å². The van der Waals surface area contributed by atoms with Crippen molar-refractivity contribution in [1.29, 1.82) is 0 Å². The largest absolute Gasteiger partial charge is 0.494 e. The Bertz CT molecular complexity index is 543. The fourth-order valence-electron chi connectivity index (χ4n) is 2.36. The van der Waals surface area contributed by atoms with Crippen LogP contribution in [0, 0.1) is 0 Å². The van der Waals surface area contributed by atoms with Crippen LogP contribution in [0.15, 0.2) is 30.5 Å². The van der Waals surface area contributed by atoms with Crippen molar-refractivity contribution in [2.75, 3.05) is 13.2 Å². The SMILES string of the molecule is CCCOc1ccc2c(ccn2CCNC2CC2)c1. The Hall–Kier alpha value is -1.48. The molecule has 1 aliphatic rings. The zero-order valence-corrected chi connectivity index (χ0v) is 11.6. The van der Waals surface area contributed by atoms with Crippen molar-refractivity contribution >= 4 is 10.9 Å². The Morgan fingerprint density at radius 2 is 2.21 bits per heavy atom. The molecule has 0 aliphatic heterocycles. The van der Waals surface area contributed by atoms with Crippen LogP contribution in [0.2, 0.25) is 0 Å². The minimum absolute atomic E-state index is 0.788. The van der Waals surface area contributed by atoms with Gasteiger partial charge in [-0.2, -0.15) is 0 Å². The summed E-state index contributed by atoms with van der Waals surface area (Å²) in [7, 11) is 0. The Morgan fingerprint density at radius 1 is 1.32 bits per heavy atom. The van der Waals surface area contributed by atoms with E-state index in [2.05, 4.69) is 47.3 Å². The molecule has 19 heavy (non-hydrogen) atoms. The van der Waals surface area contributed by atoms with Crippen LogP contribution in [-0.4, -0.2) is 23.8 Å². The third kappa shape index (κ3) is 3.10. The van der Waals surface area contributed by atoms with E-state index in [4.69, 9.17) is 4.74 Å². The quantitative estimate of drug-likeness (QED) is 0.825. The lowest BCUT2D eigenvalue weighted by Crippen LogP contribution is -2.21. The molecule has 1 aromatic carbocycles. The van der Waals surface area contributed by atoms with Gasteiger partial charge < -0.3 is 14.6 Å². The van der Waals surface area contributed by atoms with Gasteiger partial charge in [-0.05, 0) is 43.5 Å². The lowest BCUT2D eigenvalue weighted by molar-refractivity contribution is 0.318. The maximum absolute atomic E-state index is 5.67. The Kier molecular flexibility index (Phi) is 3.74. The van der Waals surface area contributed by atoms with Gasteiger partial charge in [-0.15, -0.1) is 0 Å². The first-order valence-corrected chi connectivity index (χ1v) is 7.32. The maximum atomic E-state index is 5.67. The van der Waals surface area contributed by atoms with Gasteiger partial charge in [-0.3, -0.25) is 0 Å². The van der Waals surface area contributed by atoms with Crippen LogP contribution in [-0.2, 0) is 6.54 Å². The van der Waals surface area contributed by atoms with E-state index in [9.17, 15) is 0 Å². The van der Waals surface area contributed by atoms with Gasteiger partial charge in [-0.25, -0.2) is 0 Å². The van der Waals surface area contributed by atoms with Gasteiger partial charge in [0.05, 0.1) is 6.61 Å². The highest BCUT2D eigenvalue weighted by atomic mass is 16.5. The first kappa shape index (κ1) is 12.5. The fourth-order valence-corrected chi connectivity index (χ4v) is 2.36. The molecule has 1 heterocycles. The molecule has 1 N–H and O–H groups in total. The van der Waals surface area contributed by atoms with E-state index in [1.807, 2.05) is 0 Å². The number of ether oxygens (including phenoxy) is 1. The summed E-state index contributed by atoms with van der Waals surface area (Å²) in [6, 6.07) is 9.33. The van der Waals surface area contributed by atoms with Gasteiger partial charge in [0.15, 0.2) is 0 Å². The van der Waals surface area contributed by atoms with Crippen LogP contribution < -0.4 is 10.1 Å². The van der Waals surface area contributed by atoms with E-state index in [1.54, 1.807) is 0 Å². The molecule has 0 spiro atoms. The van der Waals surface area contributed by atoms with Crippen molar-refractivity contribution < 1.29 is 4.74 Å². The minimum Gasteiger partial charge on any atom is -0.494 e. The Morgan fingerprint density at radius 3 is 3.00 bits per heavy atom. The van der Waals surface area contributed by atoms with Crippen LogP contribution in [0.3, 0.4) is 0 Å². The van der Waals surface area contributed by atoms with Gasteiger partial charge in [0, 0.05) is 36.2 Å². The smallest absolute Gasteiger partial charge is 0.120 e. The number of nitrogens with one attached hydrogen (secondary N) is 1. The maximum Gasteiger partial charge on any atom is 0.120 e. The van der Waals surface area contributed by atoms with Gasteiger partial charge in [-0.1, -0.05) is 6.92 Å². The van der Waals surface area contributed by atoms with Gasteiger partial charge in [0.25, 0.3) is 0 Å². The molecule has 3 heteroatoms. The number of rotatable bonds is 7. The van der Waals surface area contributed by atoms with Crippen LogP contribution >= 0.6 is 0 Å². The molecule has 3 nitrogen and oxygen atoms in total. The molecule has 0 bridgehead atoms. The summed E-state index contributed by atoms with van der Waals surface area (Å²) >= 11 is 0. The second kappa shape index (κ2) is 5.66. The highest BCUT2D eigenvalue weighted by Gasteiger charge is 2.19. The summed E-state index contributed by atoms with van der Waals surface area (Å²) in [5.74, 6) is 0.975. The average Bonchev–Trinajstić information content (AvgIpc) is 3.17. The number of nitrogens with zero attached hydrogens (tertiary/aromatic N) is 1. The average molecular weight is 258 g/mol. The molecule has 3 rings (SSSR count). The molecular formula is C16H22N2O. The van der Waals surface area contributed by atoms with E-state index in [0.29, 0.717) is 0 Å². The third-order valence-corrected chi connectivity index (χ3v) is 3.58. The zero-order valence-electron chi connectivity index (χ0n) is 11.6. The van der Waals surface area contributed by atoms with Crippen LogP contribution in [0.1, 0.15) is 26.2 Å². The van der Waals surface area contributed by atoms with Crippen LogP contribution in [0.4, 0.5) is 0 Å². The van der Waals surface area contributed by atoms with Crippen molar-refractivity contribution in [3.63, 3.8) is 0 Å². The second-order valence-corrected chi connectivity index (χ2v) is 5.31. The number of hydrogen-bond acceptors (Lipinski definition) is 2. The van der Waals surface area contributed by atoms with E-state index < -0.39 is 0 Å². The molecule has 0 saturated heterocycles. The molecule has 0 atom stereocenters. The van der Waals surface area contributed by atoms with Gasteiger partial charge in [0.2, 0.25) is 0 Å². The lowest BCUT2D eigenvalue weighted by Gasteiger charge is -2.08. The van der Waals surface area contributed by atoms with Crippen molar-refractivity contribution in [1.82, 2.24) is 9.88 Å². The predicted molar refractivity (Wildman–Crippen MR) is 78.7 cm³/mol. The number of benzene rings is 1. The highest BCUT2D eigenvalue weighted by molar-refractivity contribution is 5.81. The van der Waals surface area contributed by atoms with E-state index in [-0.39, 0.29) is 0 Å². The molecule has 2 aromatic rings. The van der Waals surface area contributed by atoms with Gasteiger partial charge >= 0.3 is 0 Å². The summed E-state index contributed by atoms with van der Waals surface area (Å²) in [6.07, 6.45) is 5.92. The number of hydrogen-bond donors (Lipinski definition) is 1. The van der Waals surface area contributed by atoms with Crippen LogP contribution in [0.25, 0.3) is 10.9 Å². The summed E-state index contributed by atoms with van der Waals surface area (Å²) in [5, 5.41) is 4.82. The van der Waals surface area contributed by atoms with Crippen molar-refractivity contribution in [3.05, 3.63) is 30.5 Å². The molecule has 1 saturated carbocycles. The second-order valence-electron chi connectivity index (χ2n) is 5.31. The predicted octanol–water partition coefficient (Wildman–Crippen LogP) is 3.18. The van der Waals surface area contributed by atoms with Crippen molar-refractivity contribution in [2.45, 2.75) is 38.8 Å². The molecule has 1 aliphatic carbocycles. The molecule has 1 aromatic heterocycles. The molecule has 0 amide bonds. The van der Waals surface area contributed by atoms with Crippen LogP contribution in [0.5, 0.6) is 5.75 Å². The third-order valence-electron chi connectivity index (χ3n) is 3.58. The van der Waals surface area contributed by atoms with E-state index in [0.717, 1.165) is 37.9 Å². The zero-order chi connectivity index (χ0) is 13.1. The lowest BCUT2D eigenvalue weighted by atomic mass is 10.2. The normalized spacial score (nSPS) is 15.0. The van der Waals surface area contributed by atoms with E-state index in [1.165, 1.54) is 23.7 Å². The molecule has 0 radical (unpaired) electrons. The summed E-state index contributed by atoms with van der Waals surface area (Å²) in [5.41, 5.74) is 1.29. The Balaban J connectivity index is 1.67. The molecular weight excluding hydrogens is 236 g/mol. The summed E-state index contributed by atoms with van der Waals surface area (Å²) < 4.78 is 7.99. The number of aromatic nitrogens is 1. The highest BCUT2D eigenvalue weighted by Crippen LogP contribution is 2.22. The molecule has 1 fully saturated rings. The fraction of sp³-hybridized carbons (Fsp3) is 0.500. The molecule has 102 valence electrons. The van der Waals surface area contributed by atoms with Crippen molar-refractivity contribution in [3.8, 4) is 5.75 Å².